The van der Waals surface area contributed by atoms with Crippen LogP contribution in [0.2, 0.25) is 5.02 Å². The highest BCUT2D eigenvalue weighted by Gasteiger charge is 2.18. The maximum Gasteiger partial charge on any atom is 0.262 e. The van der Waals surface area contributed by atoms with Gasteiger partial charge >= 0.3 is 0 Å². The summed E-state index contributed by atoms with van der Waals surface area (Å²) in [5.41, 5.74) is 2.54. The number of amides is 1. The summed E-state index contributed by atoms with van der Waals surface area (Å²) < 4.78 is 19.4. The molecule has 1 N–H and O–H groups in total. The third-order valence-corrected chi connectivity index (χ3v) is 5.75. The van der Waals surface area contributed by atoms with Crippen LogP contribution in [-0.2, 0) is 11.3 Å². The second-order valence-electron chi connectivity index (χ2n) is 7.67. The summed E-state index contributed by atoms with van der Waals surface area (Å²) >= 11 is 6.03. The molecular weight excluding hydrogens is 429 g/mol. The summed E-state index contributed by atoms with van der Waals surface area (Å²) in [6.45, 7) is 3.98. The van der Waals surface area contributed by atoms with Crippen LogP contribution in [0.3, 0.4) is 0 Å². The van der Waals surface area contributed by atoms with Gasteiger partial charge < -0.3 is 15.0 Å². The number of nitrogens with one attached hydrogen (secondary N) is 1. The fourth-order valence-electron chi connectivity index (χ4n) is 3.69. The molecule has 7 heteroatoms. The number of para-hydroxylation sites is 1. The fourth-order valence-corrected chi connectivity index (χ4v) is 3.88. The molecule has 32 heavy (non-hydrogen) atoms. The summed E-state index contributed by atoms with van der Waals surface area (Å²) in [5, 5.41) is 3.30. The lowest BCUT2D eigenvalue weighted by molar-refractivity contribution is -0.118. The van der Waals surface area contributed by atoms with Gasteiger partial charge in [0.1, 0.15) is 11.6 Å². The Morgan fingerprint density at radius 3 is 2.34 bits per heavy atom. The first-order valence-electron chi connectivity index (χ1n) is 10.6. The van der Waals surface area contributed by atoms with E-state index in [2.05, 4.69) is 15.1 Å². The van der Waals surface area contributed by atoms with E-state index in [0.29, 0.717) is 23.0 Å². The first kappa shape index (κ1) is 22.1. The number of hydrogen-bond acceptors (Lipinski definition) is 4. The predicted molar refractivity (Wildman–Crippen MR) is 126 cm³/mol. The van der Waals surface area contributed by atoms with Gasteiger partial charge in [0, 0.05) is 49.7 Å². The molecule has 166 valence electrons. The molecule has 3 aromatic carbocycles. The maximum atomic E-state index is 13.9. The Balaban J connectivity index is 1.24. The van der Waals surface area contributed by atoms with Gasteiger partial charge in [0.25, 0.3) is 5.91 Å². The van der Waals surface area contributed by atoms with Gasteiger partial charge in [-0.15, -0.1) is 0 Å². The zero-order chi connectivity index (χ0) is 22.3. The van der Waals surface area contributed by atoms with Gasteiger partial charge in [0.15, 0.2) is 6.61 Å². The molecule has 0 aliphatic carbocycles. The van der Waals surface area contributed by atoms with Crippen molar-refractivity contribution in [3.63, 3.8) is 0 Å². The number of carbonyl (C=O) groups is 1. The van der Waals surface area contributed by atoms with Crippen LogP contribution in [0.4, 0.5) is 15.8 Å². The Morgan fingerprint density at radius 2 is 1.62 bits per heavy atom. The molecule has 0 aromatic heterocycles. The van der Waals surface area contributed by atoms with E-state index in [1.165, 1.54) is 6.07 Å². The van der Waals surface area contributed by atoms with E-state index < -0.39 is 0 Å². The summed E-state index contributed by atoms with van der Waals surface area (Å²) in [4.78, 5) is 16.7. The van der Waals surface area contributed by atoms with Gasteiger partial charge in [-0.3, -0.25) is 9.69 Å². The van der Waals surface area contributed by atoms with E-state index in [4.69, 9.17) is 16.3 Å². The minimum atomic E-state index is -0.251. The van der Waals surface area contributed by atoms with Crippen LogP contribution in [0, 0.1) is 5.82 Å². The molecule has 0 unspecified atom stereocenters. The number of carbonyl (C=O) groups excluding carboxylic acids is 1. The van der Waals surface area contributed by atoms with Crippen LogP contribution >= 0.6 is 11.6 Å². The van der Waals surface area contributed by atoms with Gasteiger partial charge in [-0.1, -0.05) is 41.9 Å². The first-order valence-corrected chi connectivity index (χ1v) is 10.9. The standard InChI is InChI=1S/C25H25ClFN3O2/c26-22-6-2-4-8-24(22)32-18-25(31)28-20-9-11-21(12-10-20)30-15-13-29(14-16-30)17-19-5-1-3-7-23(19)27/h1-12H,13-18H2,(H,28,31). The van der Waals surface area contributed by atoms with Gasteiger partial charge in [0.05, 0.1) is 5.02 Å². The van der Waals surface area contributed by atoms with Gasteiger partial charge in [0.2, 0.25) is 0 Å². The quantitative estimate of drug-likeness (QED) is 0.557. The number of ether oxygens (including phenoxy) is 1. The van der Waals surface area contributed by atoms with E-state index in [0.717, 1.165) is 37.4 Å². The lowest BCUT2D eigenvalue weighted by Gasteiger charge is -2.36. The lowest BCUT2D eigenvalue weighted by atomic mass is 10.1. The van der Waals surface area contributed by atoms with Crippen LogP contribution in [0.1, 0.15) is 5.56 Å². The molecule has 0 saturated carbocycles. The Kier molecular flexibility index (Phi) is 7.24. The third kappa shape index (κ3) is 5.78. The molecule has 1 amide bonds. The maximum absolute atomic E-state index is 13.9. The van der Waals surface area contributed by atoms with Crippen molar-refractivity contribution in [3.05, 3.63) is 89.2 Å². The molecule has 0 atom stereocenters. The van der Waals surface area contributed by atoms with Crippen LogP contribution in [-0.4, -0.2) is 43.6 Å². The smallest absolute Gasteiger partial charge is 0.262 e. The van der Waals surface area contributed by atoms with Crippen LogP contribution in [0.5, 0.6) is 5.75 Å². The van der Waals surface area contributed by atoms with Crippen molar-refractivity contribution in [3.8, 4) is 5.75 Å². The minimum absolute atomic E-state index is 0.116. The largest absolute Gasteiger partial charge is 0.482 e. The van der Waals surface area contributed by atoms with Crippen molar-refractivity contribution in [2.24, 2.45) is 0 Å². The van der Waals surface area contributed by atoms with Crippen molar-refractivity contribution in [1.82, 2.24) is 4.90 Å². The highest BCUT2D eigenvalue weighted by molar-refractivity contribution is 6.32. The molecule has 1 heterocycles. The number of benzene rings is 3. The Hall–Kier alpha value is -3.09. The van der Waals surface area contributed by atoms with E-state index in [9.17, 15) is 9.18 Å². The molecule has 1 saturated heterocycles. The first-order chi connectivity index (χ1) is 15.6. The van der Waals surface area contributed by atoms with Crippen LogP contribution in [0.15, 0.2) is 72.8 Å². The van der Waals surface area contributed by atoms with Gasteiger partial charge in [-0.2, -0.15) is 0 Å². The second kappa shape index (κ2) is 10.5. The topological polar surface area (TPSA) is 44.8 Å². The van der Waals surface area contributed by atoms with Crippen molar-refractivity contribution in [2.75, 3.05) is 43.0 Å². The summed E-state index contributed by atoms with van der Waals surface area (Å²) in [5.74, 6) is 0.0815. The molecule has 0 radical (unpaired) electrons. The number of piperazine rings is 1. The number of rotatable bonds is 7. The normalized spacial score (nSPS) is 14.2. The Labute approximate surface area is 192 Å². The van der Waals surface area contributed by atoms with Crippen molar-refractivity contribution >= 4 is 28.9 Å². The number of anilines is 2. The van der Waals surface area contributed by atoms with Crippen molar-refractivity contribution in [2.45, 2.75) is 6.54 Å². The zero-order valence-electron chi connectivity index (χ0n) is 17.6. The summed E-state index contributed by atoms with van der Waals surface area (Å²) in [6, 6.07) is 21.7. The predicted octanol–water partition coefficient (Wildman–Crippen LogP) is 4.82. The fraction of sp³-hybridized carbons (Fsp3) is 0.240. The number of hydrogen-bond donors (Lipinski definition) is 1. The molecule has 5 nitrogen and oxygen atoms in total. The SMILES string of the molecule is O=C(COc1ccccc1Cl)Nc1ccc(N2CCN(Cc3ccccc3F)CC2)cc1. The molecule has 1 aliphatic rings. The zero-order valence-corrected chi connectivity index (χ0v) is 18.4. The van der Waals surface area contributed by atoms with E-state index in [1.54, 1.807) is 30.3 Å². The Bertz CT molecular complexity index is 1050. The van der Waals surface area contributed by atoms with E-state index in [1.807, 2.05) is 36.4 Å². The summed E-state index contributed by atoms with van der Waals surface area (Å²) in [7, 11) is 0. The highest BCUT2D eigenvalue weighted by atomic mass is 35.5. The average Bonchev–Trinajstić information content (AvgIpc) is 2.81. The van der Waals surface area contributed by atoms with E-state index >= 15 is 0 Å². The number of halogens is 2. The lowest BCUT2D eigenvalue weighted by Crippen LogP contribution is -2.46. The molecule has 4 rings (SSSR count). The van der Waals surface area contributed by atoms with Crippen molar-refractivity contribution in [1.29, 1.82) is 0 Å². The minimum Gasteiger partial charge on any atom is -0.482 e. The molecule has 0 spiro atoms. The average molecular weight is 454 g/mol. The Morgan fingerprint density at radius 1 is 0.938 bits per heavy atom. The van der Waals surface area contributed by atoms with Gasteiger partial charge in [-0.25, -0.2) is 4.39 Å². The van der Waals surface area contributed by atoms with Crippen LogP contribution in [0.25, 0.3) is 0 Å². The van der Waals surface area contributed by atoms with Crippen molar-refractivity contribution < 1.29 is 13.9 Å². The molecular formula is C25H25ClFN3O2. The molecule has 1 aliphatic heterocycles. The highest BCUT2D eigenvalue weighted by Crippen LogP contribution is 2.23. The number of nitrogens with zero attached hydrogens (tertiary/aromatic N) is 2. The second-order valence-corrected chi connectivity index (χ2v) is 8.08. The summed E-state index contributed by atoms with van der Waals surface area (Å²) in [6.07, 6.45) is 0. The molecule has 3 aromatic rings. The van der Waals surface area contributed by atoms with Crippen LogP contribution < -0.4 is 15.0 Å². The monoisotopic (exact) mass is 453 g/mol. The molecule has 1 fully saturated rings. The third-order valence-electron chi connectivity index (χ3n) is 5.44. The molecule has 0 bridgehead atoms. The van der Waals surface area contributed by atoms with E-state index in [-0.39, 0.29) is 18.3 Å². The van der Waals surface area contributed by atoms with Gasteiger partial charge in [-0.05, 0) is 42.5 Å².